The first-order chi connectivity index (χ1) is 14.4. The Morgan fingerprint density at radius 3 is 2.83 bits per heavy atom. The predicted molar refractivity (Wildman–Crippen MR) is 126 cm³/mol. The summed E-state index contributed by atoms with van der Waals surface area (Å²) < 4.78 is 12.1. The van der Waals surface area contributed by atoms with Crippen molar-refractivity contribution >= 4 is 79.5 Å². The first-order valence-electron chi connectivity index (χ1n) is 8.47. The molecule has 30 heavy (non-hydrogen) atoms. The average Bonchev–Trinajstić information content (AvgIpc) is 3.05. The molecule has 0 spiro atoms. The van der Waals surface area contributed by atoms with Crippen LogP contribution in [-0.4, -0.2) is 46.8 Å². The van der Waals surface area contributed by atoms with Gasteiger partial charge in [0.2, 0.25) is 0 Å². The summed E-state index contributed by atoms with van der Waals surface area (Å²) in [7, 11) is 1.49. The number of methoxy groups -OCH3 is 1. The minimum Gasteiger partial charge on any atom is -0.493 e. The number of rotatable bonds is 7. The minimum absolute atomic E-state index is 0.161. The Bertz CT molecular complexity index is 1020. The highest BCUT2D eigenvalue weighted by atomic mass is 79.9. The van der Waals surface area contributed by atoms with Crippen molar-refractivity contribution in [3.8, 4) is 11.5 Å². The molecule has 1 heterocycles. The molecule has 2 aromatic rings. The maximum Gasteiger partial charge on any atom is 0.262 e. The molecule has 1 fully saturated rings. The van der Waals surface area contributed by atoms with Gasteiger partial charge in [0.1, 0.15) is 0 Å². The van der Waals surface area contributed by atoms with Gasteiger partial charge in [-0.25, -0.2) is 0 Å². The van der Waals surface area contributed by atoms with E-state index in [1.165, 1.54) is 30.1 Å². The maximum absolute atomic E-state index is 12.2. The largest absolute Gasteiger partial charge is 0.493 e. The lowest BCUT2D eigenvalue weighted by atomic mass is 10.2. The molecule has 0 aromatic heterocycles. The van der Waals surface area contributed by atoms with Gasteiger partial charge < -0.3 is 14.8 Å². The van der Waals surface area contributed by atoms with Crippen LogP contribution < -0.4 is 14.8 Å². The average molecular weight is 529 g/mol. The number of anilines is 1. The first-order valence-corrected chi connectivity index (χ1v) is 11.0. The quantitative estimate of drug-likeness (QED) is 0.426. The number of halogens is 2. The first kappa shape index (κ1) is 22.5. The zero-order chi connectivity index (χ0) is 21.7. The van der Waals surface area contributed by atoms with E-state index < -0.39 is 0 Å². The van der Waals surface area contributed by atoms with Crippen LogP contribution >= 0.6 is 51.5 Å². The number of benzene rings is 2. The molecule has 0 radical (unpaired) electrons. The third-order valence-electron chi connectivity index (χ3n) is 3.80. The van der Waals surface area contributed by atoms with Crippen molar-refractivity contribution in [3.05, 3.63) is 51.5 Å². The van der Waals surface area contributed by atoms with Crippen LogP contribution in [0.3, 0.4) is 0 Å². The van der Waals surface area contributed by atoms with E-state index in [1.54, 1.807) is 36.4 Å². The summed E-state index contributed by atoms with van der Waals surface area (Å²) in [4.78, 5) is 23.9. The van der Waals surface area contributed by atoms with E-state index >= 15 is 0 Å². The second-order valence-corrected chi connectivity index (χ2v) is 8.75. The van der Waals surface area contributed by atoms with Crippen LogP contribution in [0.5, 0.6) is 11.5 Å². The van der Waals surface area contributed by atoms with E-state index in [4.69, 9.17) is 33.3 Å². The van der Waals surface area contributed by atoms with E-state index in [-0.39, 0.29) is 18.4 Å². The van der Waals surface area contributed by atoms with E-state index in [0.717, 1.165) is 4.47 Å². The van der Waals surface area contributed by atoms with E-state index in [1.807, 2.05) is 0 Å². The zero-order valence-electron chi connectivity index (χ0n) is 15.6. The molecule has 0 saturated carbocycles. The van der Waals surface area contributed by atoms with Gasteiger partial charge in [0.05, 0.1) is 24.1 Å². The van der Waals surface area contributed by atoms with Crippen LogP contribution in [-0.2, 0) is 9.59 Å². The van der Waals surface area contributed by atoms with Crippen molar-refractivity contribution in [2.24, 2.45) is 5.10 Å². The van der Waals surface area contributed by atoms with Crippen molar-refractivity contribution < 1.29 is 19.1 Å². The molecule has 0 bridgehead atoms. The molecule has 3 rings (SSSR count). The van der Waals surface area contributed by atoms with Crippen LogP contribution in [0.2, 0.25) is 5.02 Å². The molecule has 2 aromatic carbocycles. The number of hydrogen-bond donors (Lipinski definition) is 1. The Balaban J connectivity index is 1.62. The third kappa shape index (κ3) is 5.72. The van der Waals surface area contributed by atoms with Gasteiger partial charge in [0.25, 0.3) is 11.8 Å². The molecular weight excluding hydrogens is 514 g/mol. The normalized spacial score (nSPS) is 13.8. The van der Waals surface area contributed by atoms with Gasteiger partial charge in [0, 0.05) is 10.2 Å². The number of hydrazone groups is 1. The number of hydrogen-bond acceptors (Lipinski definition) is 7. The van der Waals surface area contributed by atoms with Crippen molar-refractivity contribution in [1.82, 2.24) is 5.01 Å². The maximum atomic E-state index is 12.2. The molecule has 1 aliphatic rings. The summed E-state index contributed by atoms with van der Waals surface area (Å²) in [6.07, 6.45) is 1.51. The predicted octanol–water partition coefficient (Wildman–Crippen LogP) is 4.32. The summed E-state index contributed by atoms with van der Waals surface area (Å²) >= 11 is 15.7. The molecule has 156 valence electrons. The number of thioether (sulfide) groups is 1. The van der Waals surface area contributed by atoms with Crippen LogP contribution in [0, 0.1) is 0 Å². The van der Waals surface area contributed by atoms with Crippen molar-refractivity contribution in [3.63, 3.8) is 0 Å². The van der Waals surface area contributed by atoms with Gasteiger partial charge in [0.15, 0.2) is 22.4 Å². The topological polar surface area (TPSA) is 80.2 Å². The number of carbonyl (C=O) groups is 2. The number of ether oxygens (including phenoxy) is 2. The molecule has 7 nitrogen and oxygen atoms in total. The molecule has 2 amide bonds. The fourth-order valence-corrected chi connectivity index (χ4v) is 3.77. The van der Waals surface area contributed by atoms with Gasteiger partial charge >= 0.3 is 0 Å². The molecule has 1 aliphatic heterocycles. The molecule has 0 aliphatic carbocycles. The fourth-order valence-electron chi connectivity index (χ4n) is 2.38. The second-order valence-electron chi connectivity index (χ2n) is 5.88. The van der Waals surface area contributed by atoms with Crippen molar-refractivity contribution in [2.75, 3.05) is 24.8 Å². The lowest BCUT2D eigenvalue weighted by Gasteiger charge is -2.12. The third-order valence-corrected chi connectivity index (χ3v) is 6.37. The number of nitrogens with zero attached hydrogens (tertiary/aromatic N) is 2. The Morgan fingerprint density at radius 1 is 1.37 bits per heavy atom. The van der Waals surface area contributed by atoms with Gasteiger partial charge in [-0.2, -0.15) is 10.1 Å². The highest BCUT2D eigenvalue weighted by molar-refractivity contribution is 9.10. The van der Waals surface area contributed by atoms with Crippen LogP contribution in [0.25, 0.3) is 0 Å². The SMILES string of the molecule is COc1cc(/C=N/N2C(=O)CSC2=S)ccc1OCC(=O)Nc1ccc(Br)c(Cl)c1. The molecule has 1 saturated heterocycles. The summed E-state index contributed by atoms with van der Waals surface area (Å²) in [6, 6.07) is 10.2. The molecule has 1 N–H and O–H groups in total. The van der Waals surface area contributed by atoms with Gasteiger partial charge in [-0.15, -0.1) is 0 Å². The highest BCUT2D eigenvalue weighted by Gasteiger charge is 2.26. The lowest BCUT2D eigenvalue weighted by molar-refractivity contribution is -0.124. The van der Waals surface area contributed by atoms with Crippen molar-refractivity contribution in [1.29, 1.82) is 0 Å². The monoisotopic (exact) mass is 527 g/mol. The van der Waals surface area contributed by atoms with Crippen LogP contribution in [0.1, 0.15) is 5.56 Å². The Hall–Kier alpha value is -2.14. The van der Waals surface area contributed by atoms with Gasteiger partial charge in [-0.3, -0.25) is 9.59 Å². The van der Waals surface area contributed by atoms with E-state index in [0.29, 0.717) is 37.8 Å². The standard InChI is InChI=1S/C19H15BrClN3O4S2/c1-27-16-6-11(8-22-24-18(26)10-30-19(24)29)2-5-15(16)28-9-17(25)23-12-3-4-13(20)14(21)7-12/h2-8H,9-10H2,1H3,(H,23,25)/b22-8+. The van der Waals surface area contributed by atoms with E-state index in [2.05, 4.69) is 26.3 Å². The molecule has 0 atom stereocenters. The summed E-state index contributed by atoms with van der Waals surface area (Å²) in [5, 5.41) is 8.50. The Morgan fingerprint density at radius 2 is 2.17 bits per heavy atom. The van der Waals surface area contributed by atoms with Crippen molar-refractivity contribution in [2.45, 2.75) is 0 Å². The van der Waals surface area contributed by atoms with Crippen LogP contribution in [0.4, 0.5) is 5.69 Å². The fraction of sp³-hybridized carbons (Fsp3) is 0.158. The number of nitrogens with one attached hydrogen (secondary N) is 1. The smallest absolute Gasteiger partial charge is 0.262 e. The van der Waals surface area contributed by atoms with Gasteiger partial charge in [-0.1, -0.05) is 35.6 Å². The molecule has 11 heteroatoms. The zero-order valence-corrected chi connectivity index (χ0v) is 19.5. The number of thiocarbonyl (C=S) groups is 1. The highest BCUT2D eigenvalue weighted by Crippen LogP contribution is 2.28. The number of carbonyl (C=O) groups excluding carboxylic acids is 2. The minimum atomic E-state index is -0.348. The Labute approximate surface area is 195 Å². The van der Waals surface area contributed by atoms with E-state index in [9.17, 15) is 9.59 Å². The summed E-state index contributed by atoms with van der Waals surface area (Å²) in [6.45, 7) is -0.217. The Kier molecular flexibility index (Phi) is 7.70. The molecule has 0 unspecified atom stereocenters. The summed E-state index contributed by atoms with van der Waals surface area (Å²) in [5.74, 6) is 0.594. The lowest BCUT2D eigenvalue weighted by Crippen LogP contribution is -2.22. The van der Waals surface area contributed by atoms with Crippen LogP contribution in [0.15, 0.2) is 46.0 Å². The molecular formula is C19H15BrClN3O4S2. The summed E-state index contributed by atoms with van der Waals surface area (Å²) in [5.41, 5.74) is 1.24. The van der Waals surface area contributed by atoms with Gasteiger partial charge in [-0.05, 0) is 57.9 Å². The second kappa shape index (κ2) is 10.3. The number of amides is 2.